The highest BCUT2D eigenvalue weighted by atomic mass is 16.5. The normalized spacial score (nSPS) is 18.4. The topological polar surface area (TPSA) is 35.5 Å². The van der Waals surface area contributed by atoms with Gasteiger partial charge in [0.15, 0.2) is 0 Å². The summed E-state index contributed by atoms with van der Waals surface area (Å²) in [5, 5.41) is 0. The Balaban J connectivity index is 2.42. The van der Waals surface area contributed by atoms with Crippen molar-refractivity contribution in [1.82, 2.24) is 0 Å². The zero-order chi connectivity index (χ0) is 13.8. The average molecular weight is 262 g/mol. The molecule has 0 spiro atoms. The molecule has 0 bridgehead atoms. The summed E-state index contributed by atoms with van der Waals surface area (Å²) >= 11 is 0. The van der Waals surface area contributed by atoms with Gasteiger partial charge in [-0.15, -0.1) is 0 Å². The van der Waals surface area contributed by atoms with Crippen molar-refractivity contribution in [3.05, 3.63) is 29.3 Å². The van der Waals surface area contributed by atoms with E-state index in [4.69, 9.17) is 9.47 Å². The molecular formula is C16H22O3. The van der Waals surface area contributed by atoms with Gasteiger partial charge >= 0.3 is 5.97 Å². The molecule has 0 N–H and O–H groups in total. The molecule has 1 aromatic carbocycles. The molecule has 0 fully saturated rings. The lowest BCUT2D eigenvalue weighted by atomic mass is 9.90. The van der Waals surface area contributed by atoms with E-state index in [-0.39, 0.29) is 11.9 Å². The zero-order valence-corrected chi connectivity index (χ0v) is 11.9. The molecule has 3 heteroatoms. The van der Waals surface area contributed by atoms with Crippen LogP contribution in [0.25, 0.3) is 0 Å². The first-order valence-electron chi connectivity index (χ1n) is 7.07. The van der Waals surface area contributed by atoms with Crippen molar-refractivity contribution in [2.24, 2.45) is 0 Å². The van der Waals surface area contributed by atoms with Crippen LogP contribution < -0.4 is 4.74 Å². The van der Waals surface area contributed by atoms with Crippen LogP contribution in [0.1, 0.15) is 56.6 Å². The number of para-hydroxylation sites is 1. The Morgan fingerprint density at radius 1 is 1.47 bits per heavy atom. The summed E-state index contributed by atoms with van der Waals surface area (Å²) < 4.78 is 11.1. The molecule has 1 atom stereocenters. The fourth-order valence-electron chi connectivity index (χ4n) is 2.57. The molecule has 0 saturated carbocycles. The lowest BCUT2D eigenvalue weighted by Crippen LogP contribution is -2.16. The van der Waals surface area contributed by atoms with Gasteiger partial charge < -0.3 is 9.47 Å². The molecule has 19 heavy (non-hydrogen) atoms. The highest BCUT2D eigenvalue weighted by Crippen LogP contribution is 2.39. The van der Waals surface area contributed by atoms with E-state index in [0.29, 0.717) is 19.1 Å². The quantitative estimate of drug-likeness (QED) is 0.780. The van der Waals surface area contributed by atoms with Crippen molar-refractivity contribution in [2.45, 2.75) is 45.4 Å². The molecule has 3 nitrogen and oxygen atoms in total. The Morgan fingerprint density at radius 3 is 2.95 bits per heavy atom. The summed E-state index contributed by atoms with van der Waals surface area (Å²) in [5.41, 5.74) is 2.16. The number of carbonyl (C=O) groups is 1. The fourth-order valence-corrected chi connectivity index (χ4v) is 2.57. The van der Waals surface area contributed by atoms with E-state index in [1.165, 1.54) is 5.56 Å². The molecule has 1 aliphatic heterocycles. The molecule has 0 amide bonds. The van der Waals surface area contributed by atoms with E-state index in [9.17, 15) is 4.79 Å². The van der Waals surface area contributed by atoms with Crippen LogP contribution in [0.15, 0.2) is 18.2 Å². The van der Waals surface area contributed by atoms with Crippen LogP contribution in [0.2, 0.25) is 0 Å². The second kappa shape index (κ2) is 6.09. The first kappa shape index (κ1) is 13.9. The summed E-state index contributed by atoms with van der Waals surface area (Å²) in [6, 6.07) is 6.08. The van der Waals surface area contributed by atoms with Crippen LogP contribution in [0, 0.1) is 0 Å². The minimum absolute atomic E-state index is 0.129. The molecule has 0 saturated heterocycles. The van der Waals surface area contributed by atoms with Gasteiger partial charge in [0.2, 0.25) is 0 Å². The number of fused-ring (bicyclic) bond motifs is 1. The molecule has 1 heterocycles. The number of carbonyl (C=O) groups excluding carboxylic acids is 1. The highest BCUT2D eigenvalue weighted by molar-refractivity contribution is 5.79. The van der Waals surface area contributed by atoms with Crippen molar-refractivity contribution in [2.75, 3.05) is 13.2 Å². The first-order valence-corrected chi connectivity index (χ1v) is 7.07. The molecule has 1 aromatic rings. The van der Waals surface area contributed by atoms with Crippen LogP contribution >= 0.6 is 0 Å². The van der Waals surface area contributed by atoms with Crippen LogP contribution in [0.3, 0.4) is 0 Å². The Morgan fingerprint density at radius 2 is 2.26 bits per heavy atom. The Labute approximate surface area is 114 Å². The van der Waals surface area contributed by atoms with Gasteiger partial charge in [0.25, 0.3) is 0 Å². The maximum Gasteiger partial charge on any atom is 0.313 e. The first-order chi connectivity index (χ1) is 9.15. The van der Waals surface area contributed by atoms with Crippen molar-refractivity contribution >= 4 is 5.97 Å². The lowest BCUT2D eigenvalue weighted by molar-refractivity contribution is -0.145. The Hall–Kier alpha value is -1.51. The summed E-state index contributed by atoms with van der Waals surface area (Å²) in [6.07, 6.45) is 1.68. The maximum atomic E-state index is 12.1. The number of ether oxygens (including phenoxy) is 2. The minimum Gasteiger partial charge on any atom is -0.493 e. The molecule has 104 valence electrons. The lowest BCUT2D eigenvalue weighted by Gasteiger charge is -2.19. The highest BCUT2D eigenvalue weighted by Gasteiger charge is 2.28. The predicted molar refractivity (Wildman–Crippen MR) is 74.6 cm³/mol. The number of hydrogen-bond acceptors (Lipinski definition) is 3. The van der Waals surface area contributed by atoms with Crippen LogP contribution in [0.5, 0.6) is 5.75 Å². The van der Waals surface area contributed by atoms with Crippen molar-refractivity contribution in [1.29, 1.82) is 0 Å². The third kappa shape index (κ3) is 2.91. The fraction of sp³-hybridized carbons (Fsp3) is 0.562. The molecule has 0 aromatic heterocycles. The van der Waals surface area contributed by atoms with Crippen LogP contribution in [-0.4, -0.2) is 19.2 Å². The number of benzene rings is 1. The van der Waals surface area contributed by atoms with Gasteiger partial charge in [-0.25, -0.2) is 0 Å². The van der Waals surface area contributed by atoms with E-state index in [1.54, 1.807) is 0 Å². The summed E-state index contributed by atoms with van der Waals surface area (Å²) in [5.74, 6) is 0.968. The third-order valence-corrected chi connectivity index (χ3v) is 3.53. The van der Waals surface area contributed by atoms with Gasteiger partial charge in [-0.3, -0.25) is 4.79 Å². The van der Waals surface area contributed by atoms with Gasteiger partial charge in [0.1, 0.15) is 5.75 Å². The molecule has 1 aliphatic rings. The van der Waals surface area contributed by atoms with Crippen molar-refractivity contribution < 1.29 is 14.3 Å². The van der Waals surface area contributed by atoms with E-state index in [1.807, 2.05) is 19.1 Å². The van der Waals surface area contributed by atoms with Gasteiger partial charge in [0.05, 0.1) is 19.1 Å². The summed E-state index contributed by atoms with van der Waals surface area (Å²) in [6.45, 7) is 7.23. The molecule has 0 aliphatic carbocycles. The second-order valence-electron chi connectivity index (χ2n) is 5.22. The van der Waals surface area contributed by atoms with Crippen LogP contribution in [0.4, 0.5) is 0 Å². The molecule has 1 unspecified atom stereocenters. The predicted octanol–water partition coefficient (Wildman–Crippen LogP) is 3.63. The van der Waals surface area contributed by atoms with E-state index >= 15 is 0 Å². The van der Waals surface area contributed by atoms with E-state index < -0.39 is 0 Å². The molecule has 2 rings (SSSR count). The van der Waals surface area contributed by atoms with E-state index in [0.717, 1.165) is 24.2 Å². The third-order valence-electron chi connectivity index (χ3n) is 3.53. The standard InChI is InChI=1S/C16H22O3/c1-4-18-16(17)14-9-6-10-19-15-12(11(2)3)7-5-8-13(14)15/h5,7-8,11,14H,4,6,9-10H2,1-3H3. The van der Waals surface area contributed by atoms with E-state index in [2.05, 4.69) is 19.9 Å². The maximum absolute atomic E-state index is 12.1. The number of esters is 1. The van der Waals surface area contributed by atoms with Gasteiger partial charge in [-0.1, -0.05) is 32.0 Å². The summed E-state index contributed by atoms with van der Waals surface area (Å²) in [7, 11) is 0. The number of rotatable bonds is 3. The van der Waals surface area contributed by atoms with Crippen molar-refractivity contribution in [3.63, 3.8) is 0 Å². The van der Waals surface area contributed by atoms with Crippen LogP contribution in [-0.2, 0) is 9.53 Å². The van der Waals surface area contributed by atoms with Gasteiger partial charge in [0, 0.05) is 5.56 Å². The average Bonchev–Trinajstić information content (AvgIpc) is 2.60. The second-order valence-corrected chi connectivity index (χ2v) is 5.22. The monoisotopic (exact) mass is 262 g/mol. The Bertz CT molecular complexity index is 451. The largest absolute Gasteiger partial charge is 0.493 e. The van der Waals surface area contributed by atoms with Gasteiger partial charge in [-0.2, -0.15) is 0 Å². The SMILES string of the molecule is CCOC(=O)C1CCCOc2c(C(C)C)cccc21. The smallest absolute Gasteiger partial charge is 0.313 e. The van der Waals surface area contributed by atoms with Crippen molar-refractivity contribution in [3.8, 4) is 5.75 Å². The molecular weight excluding hydrogens is 240 g/mol. The number of hydrogen-bond donors (Lipinski definition) is 0. The Kier molecular flexibility index (Phi) is 4.46. The minimum atomic E-state index is -0.184. The summed E-state index contributed by atoms with van der Waals surface area (Å²) in [4.78, 5) is 12.1. The molecule has 0 radical (unpaired) electrons. The van der Waals surface area contributed by atoms with Gasteiger partial charge in [-0.05, 0) is 31.2 Å². The zero-order valence-electron chi connectivity index (χ0n) is 11.9.